The van der Waals surface area contributed by atoms with E-state index in [0.29, 0.717) is 18.0 Å². The van der Waals surface area contributed by atoms with Crippen LogP contribution in [0.5, 0.6) is 0 Å². The smallest absolute Gasteiger partial charge is 0.228 e. The zero-order chi connectivity index (χ0) is 17.0. The van der Waals surface area contributed by atoms with Gasteiger partial charge in [-0.15, -0.1) is 0 Å². The van der Waals surface area contributed by atoms with Gasteiger partial charge in [-0.1, -0.05) is 31.1 Å². The van der Waals surface area contributed by atoms with Crippen LogP contribution in [-0.2, 0) is 17.8 Å². The van der Waals surface area contributed by atoms with E-state index in [2.05, 4.69) is 22.0 Å². The first-order valence-electron chi connectivity index (χ1n) is 9.91. The van der Waals surface area contributed by atoms with Gasteiger partial charge in [0.25, 0.3) is 0 Å². The maximum Gasteiger partial charge on any atom is 0.228 e. The Hall–Kier alpha value is -1.14. The number of rotatable bonds is 2. The Labute approximate surface area is 153 Å². The highest BCUT2D eigenvalue weighted by Gasteiger charge is 2.41. The quantitative estimate of drug-likeness (QED) is 0.881. The fourth-order valence-electron chi connectivity index (χ4n) is 5.31. The van der Waals surface area contributed by atoms with E-state index in [4.69, 9.17) is 4.98 Å². The van der Waals surface area contributed by atoms with E-state index in [9.17, 15) is 4.79 Å². The van der Waals surface area contributed by atoms with Gasteiger partial charge in [-0.3, -0.25) is 4.79 Å². The molecular weight excluding hydrogens is 332 g/mol. The van der Waals surface area contributed by atoms with Crippen molar-refractivity contribution in [2.45, 2.75) is 70.5 Å². The normalized spacial score (nSPS) is 30.6. The van der Waals surface area contributed by atoms with E-state index in [1.807, 2.05) is 11.3 Å². The van der Waals surface area contributed by atoms with Crippen LogP contribution in [0.4, 0.5) is 5.13 Å². The second kappa shape index (κ2) is 5.95. The molecule has 6 heteroatoms. The summed E-state index contributed by atoms with van der Waals surface area (Å²) in [7, 11) is 0. The Balaban J connectivity index is 1.35. The molecule has 5 nitrogen and oxygen atoms in total. The molecule has 3 aliphatic heterocycles. The number of carbonyl (C=O) groups is 1. The van der Waals surface area contributed by atoms with Crippen molar-refractivity contribution in [1.82, 2.24) is 15.2 Å². The molecule has 1 aliphatic carbocycles. The second-order valence-corrected chi connectivity index (χ2v) is 9.62. The lowest BCUT2D eigenvalue weighted by molar-refractivity contribution is -0.141. The van der Waals surface area contributed by atoms with Crippen molar-refractivity contribution in [3.63, 3.8) is 0 Å². The van der Waals surface area contributed by atoms with Gasteiger partial charge in [-0.05, 0) is 25.7 Å². The van der Waals surface area contributed by atoms with E-state index in [1.165, 1.54) is 41.4 Å². The van der Waals surface area contributed by atoms with Gasteiger partial charge in [-0.2, -0.15) is 0 Å². The first-order valence-corrected chi connectivity index (χ1v) is 10.7. The molecule has 1 amide bonds. The van der Waals surface area contributed by atoms with Crippen LogP contribution >= 0.6 is 11.3 Å². The number of hydrogen-bond acceptors (Lipinski definition) is 5. The van der Waals surface area contributed by atoms with Crippen molar-refractivity contribution in [3.05, 3.63) is 10.6 Å². The van der Waals surface area contributed by atoms with E-state index in [1.54, 1.807) is 0 Å². The number of nitrogens with zero attached hydrogens (tertiary/aromatic N) is 3. The van der Waals surface area contributed by atoms with E-state index in [-0.39, 0.29) is 5.41 Å². The summed E-state index contributed by atoms with van der Waals surface area (Å²) in [6.07, 6.45) is 8.03. The summed E-state index contributed by atoms with van der Waals surface area (Å²) in [6.45, 7) is 5.98. The molecule has 1 aromatic heterocycles. The molecule has 0 aromatic carbocycles. The first kappa shape index (κ1) is 16.1. The molecule has 5 rings (SSSR count). The average molecular weight is 361 g/mol. The maximum absolute atomic E-state index is 13.0. The summed E-state index contributed by atoms with van der Waals surface area (Å²) in [6, 6.07) is 1.22. The number of amides is 1. The minimum atomic E-state index is -0.108. The van der Waals surface area contributed by atoms with Crippen LogP contribution in [0.2, 0.25) is 0 Å². The molecule has 2 saturated heterocycles. The number of fused-ring (bicyclic) bond motifs is 3. The van der Waals surface area contributed by atoms with Gasteiger partial charge in [0.2, 0.25) is 5.91 Å². The van der Waals surface area contributed by atoms with Crippen LogP contribution < -0.4 is 10.2 Å². The Kier molecular flexibility index (Phi) is 3.82. The highest BCUT2D eigenvalue weighted by atomic mass is 32.1. The topological polar surface area (TPSA) is 48.5 Å². The van der Waals surface area contributed by atoms with Crippen LogP contribution in [0.25, 0.3) is 0 Å². The summed E-state index contributed by atoms with van der Waals surface area (Å²) in [4.78, 5) is 24.1. The van der Waals surface area contributed by atoms with Crippen LogP contribution in [0.1, 0.15) is 56.0 Å². The van der Waals surface area contributed by atoms with E-state index in [0.717, 1.165) is 45.4 Å². The Morgan fingerprint density at radius 1 is 1.24 bits per heavy atom. The van der Waals surface area contributed by atoms with Crippen molar-refractivity contribution in [1.29, 1.82) is 0 Å². The molecule has 4 aliphatic rings. The fourth-order valence-corrected chi connectivity index (χ4v) is 6.57. The summed E-state index contributed by atoms with van der Waals surface area (Å²) in [5.41, 5.74) is 1.14. The van der Waals surface area contributed by atoms with Crippen molar-refractivity contribution in [3.8, 4) is 0 Å². The summed E-state index contributed by atoms with van der Waals surface area (Å²) in [5.74, 6) is 0.382. The lowest BCUT2D eigenvalue weighted by Gasteiger charge is -2.35. The van der Waals surface area contributed by atoms with Crippen molar-refractivity contribution in [2.75, 3.05) is 24.5 Å². The Morgan fingerprint density at radius 2 is 1.96 bits per heavy atom. The number of carbonyl (C=O) groups excluding carboxylic acids is 1. The van der Waals surface area contributed by atoms with Crippen LogP contribution in [0.15, 0.2) is 0 Å². The zero-order valence-corrected chi connectivity index (χ0v) is 15.9. The van der Waals surface area contributed by atoms with Crippen molar-refractivity contribution in [2.24, 2.45) is 5.41 Å². The number of anilines is 1. The largest absolute Gasteiger partial charge is 0.340 e. The lowest BCUT2D eigenvalue weighted by atomic mass is 9.86. The molecule has 2 atom stereocenters. The van der Waals surface area contributed by atoms with Gasteiger partial charge in [0.15, 0.2) is 5.13 Å². The summed E-state index contributed by atoms with van der Waals surface area (Å²) < 4.78 is 0. The average Bonchev–Trinajstić information content (AvgIpc) is 3.30. The van der Waals surface area contributed by atoms with Gasteiger partial charge in [-0.25, -0.2) is 4.98 Å². The molecule has 2 unspecified atom stereocenters. The second-order valence-electron chi connectivity index (χ2n) is 8.56. The SMILES string of the molecule is CC1(C(=O)N2CCc3nc(N4C5CCC4CNC5)sc3C2)CCCC1. The highest BCUT2D eigenvalue weighted by Crippen LogP contribution is 2.42. The fraction of sp³-hybridized carbons (Fsp3) is 0.789. The summed E-state index contributed by atoms with van der Waals surface area (Å²) in [5, 5.41) is 4.76. The third kappa shape index (κ3) is 2.60. The number of thiazole rings is 1. The zero-order valence-electron chi connectivity index (χ0n) is 15.1. The minimum Gasteiger partial charge on any atom is -0.340 e. The molecule has 3 fully saturated rings. The predicted octanol–water partition coefficient (Wildman–Crippen LogP) is 2.55. The molecule has 136 valence electrons. The number of piperazine rings is 1. The maximum atomic E-state index is 13.0. The predicted molar refractivity (Wildman–Crippen MR) is 100.0 cm³/mol. The Bertz CT molecular complexity index is 665. The standard InChI is InChI=1S/C19H28N4OS/c1-19(7-2-3-8-19)17(24)22-9-6-15-16(12-22)25-18(21-15)23-13-4-5-14(23)11-20-10-13/h13-14,20H,2-12H2,1H3. The van der Waals surface area contributed by atoms with Crippen molar-refractivity contribution >= 4 is 22.4 Å². The van der Waals surface area contributed by atoms with Crippen molar-refractivity contribution < 1.29 is 4.79 Å². The number of hydrogen-bond donors (Lipinski definition) is 1. The third-order valence-corrected chi connectivity index (χ3v) is 7.93. The highest BCUT2D eigenvalue weighted by molar-refractivity contribution is 7.15. The minimum absolute atomic E-state index is 0.108. The van der Waals surface area contributed by atoms with Gasteiger partial charge in [0.1, 0.15) is 0 Å². The molecule has 0 radical (unpaired) electrons. The monoisotopic (exact) mass is 360 g/mol. The molecule has 1 N–H and O–H groups in total. The molecule has 1 aromatic rings. The number of aromatic nitrogens is 1. The molecule has 1 saturated carbocycles. The third-order valence-electron chi connectivity index (χ3n) is 6.83. The lowest BCUT2D eigenvalue weighted by Crippen LogP contribution is -2.51. The molecular formula is C19H28N4OS. The Morgan fingerprint density at radius 3 is 2.68 bits per heavy atom. The van der Waals surface area contributed by atoms with E-state index < -0.39 is 0 Å². The van der Waals surface area contributed by atoms with Crippen LogP contribution in [-0.4, -0.2) is 47.5 Å². The van der Waals surface area contributed by atoms with Gasteiger partial charge >= 0.3 is 0 Å². The molecule has 2 bridgehead atoms. The molecule has 0 spiro atoms. The summed E-state index contributed by atoms with van der Waals surface area (Å²) >= 11 is 1.85. The molecule has 25 heavy (non-hydrogen) atoms. The molecule has 4 heterocycles. The van der Waals surface area contributed by atoms with Gasteiger partial charge < -0.3 is 15.1 Å². The number of nitrogens with one attached hydrogen (secondary N) is 1. The van der Waals surface area contributed by atoms with E-state index >= 15 is 0 Å². The van der Waals surface area contributed by atoms with Crippen LogP contribution in [0.3, 0.4) is 0 Å². The van der Waals surface area contributed by atoms with Crippen LogP contribution in [0, 0.1) is 5.41 Å². The van der Waals surface area contributed by atoms with Gasteiger partial charge in [0.05, 0.1) is 12.2 Å². The first-order chi connectivity index (χ1) is 12.1. The van der Waals surface area contributed by atoms with Gasteiger partial charge in [0, 0.05) is 48.4 Å².